The summed E-state index contributed by atoms with van der Waals surface area (Å²) in [5.41, 5.74) is 3.06. The second-order valence-corrected chi connectivity index (χ2v) is 6.60. The molecule has 1 saturated carbocycles. The maximum absolute atomic E-state index is 12.1. The summed E-state index contributed by atoms with van der Waals surface area (Å²) in [6, 6.07) is 0. The molecule has 0 amide bonds. The van der Waals surface area contributed by atoms with E-state index in [2.05, 4.69) is 26.3 Å². The average molecular weight is 339 g/mol. The van der Waals surface area contributed by atoms with E-state index in [1.807, 2.05) is 12.3 Å². The molecule has 100 valence electrons. The van der Waals surface area contributed by atoms with Crippen LogP contribution in [0.15, 0.2) is 20.0 Å². The second-order valence-electron chi connectivity index (χ2n) is 5.06. The zero-order chi connectivity index (χ0) is 13.4. The molecule has 0 spiro atoms. The van der Waals surface area contributed by atoms with Crippen molar-refractivity contribution in [3.8, 4) is 11.4 Å². The Balaban J connectivity index is 2.12. The molecule has 2 heterocycles. The Hall–Kier alpha value is -0.940. The van der Waals surface area contributed by atoms with Crippen molar-refractivity contribution in [2.24, 2.45) is 0 Å². The number of hydrogen-bond donors (Lipinski definition) is 1. The molecule has 0 saturated heterocycles. The third-order valence-corrected chi connectivity index (χ3v) is 5.37. The summed E-state index contributed by atoms with van der Waals surface area (Å²) in [4.78, 5) is 19.7. The van der Waals surface area contributed by atoms with Crippen LogP contribution in [-0.4, -0.2) is 9.97 Å². The van der Waals surface area contributed by atoms with Crippen molar-refractivity contribution < 1.29 is 0 Å². The molecule has 3 nitrogen and oxygen atoms in total. The lowest BCUT2D eigenvalue weighted by Gasteiger charge is -2.12. The first-order valence-electron chi connectivity index (χ1n) is 6.49. The van der Waals surface area contributed by atoms with E-state index in [9.17, 15) is 4.79 Å². The summed E-state index contributed by atoms with van der Waals surface area (Å²) in [6.07, 6.45) is 4.74. The topological polar surface area (TPSA) is 45.8 Å². The number of aromatic amines is 1. The predicted octanol–water partition coefficient (Wildman–Crippen LogP) is 4.23. The van der Waals surface area contributed by atoms with Gasteiger partial charge in [-0.1, -0.05) is 12.8 Å². The van der Waals surface area contributed by atoms with Gasteiger partial charge in [0.2, 0.25) is 0 Å². The van der Waals surface area contributed by atoms with Crippen LogP contribution in [0.1, 0.15) is 42.9 Å². The molecule has 5 heteroatoms. The van der Waals surface area contributed by atoms with E-state index in [4.69, 9.17) is 4.98 Å². The van der Waals surface area contributed by atoms with E-state index in [0.717, 1.165) is 29.7 Å². The minimum atomic E-state index is -0.0718. The quantitative estimate of drug-likeness (QED) is 0.890. The van der Waals surface area contributed by atoms with Gasteiger partial charge in [-0.05, 0) is 46.6 Å². The van der Waals surface area contributed by atoms with Crippen molar-refractivity contribution in [1.82, 2.24) is 9.97 Å². The van der Waals surface area contributed by atoms with Crippen LogP contribution in [0.5, 0.6) is 0 Å². The average Bonchev–Trinajstić information content (AvgIpc) is 3.03. The molecule has 2 aromatic heterocycles. The standard InChI is InChI=1S/C14H15BrN2OS/c1-8-6-19-7-10(8)13-16-12(9-4-2-3-5-9)11(15)14(18)17-13/h6-7,9H,2-5H2,1H3,(H,16,17,18). The van der Waals surface area contributed by atoms with E-state index < -0.39 is 0 Å². The lowest BCUT2D eigenvalue weighted by molar-refractivity contribution is 0.688. The molecule has 0 unspecified atom stereocenters. The molecule has 19 heavy (non-hydrogen) atoms. The summed E-state index contributed by atoms with van der Waals surface area (Å²) in [7, 11) is 0. The maximum Gasteiger partial charge on any atom is 0.265 e. The van der Waals surface area contributed by atoms with E-state index >= 15 is 0 Å². The van der Waals surface area contributed by atoms with Gasteiger partial charge in [0.05, 0.1) is 5.69 Å². The van der Waals surface area contributed by atoms with E-state index in [1.54, 1.807) is 11.3 Å². The zero-order valence-corrected chi connectivity index (χ0v) is 13.1. The van der Waals surface area contributed by atoms with Crippen molar-refractivity contribution in [3.05, 3.63) is 36.8 Å². The Kier molecular flexibility index (Phi) is 3.58. The number of thiophene rings is 1. The lowest BCUT2D eigenvalue weighted by atomic mass is 10.0. The van der Waals surface area contributed by atoms with Gasteiger partial charge in [0.25, 0.3) is 5.56 Å². The largest absolute Gasteiger partial charge is 0.306 e. The van der Waals surface area contributed by atoms with E-state index in [1.165, 1.54) is 12.8 Å². The number of nitrogens with zero attached hydrogens (tertiary/aromatic N) is 1. The van der Waals surface area contributed by atoms with Crippen LogP contribution in [0.3, 0.4) is 0 Å². The van der Waals surface area contributed by atoms with Crippen LogP contribution < -0.4 is 5.56 Å². The van der Waals surface area contributed by atoms with Crippen LogP contribution in [0.4, 0.5) is 0 Å². The highest BCUT2D eigenvalue weighted by molar-refractivity contribution is 9.10. The monoisotopic (exact) mass is 338 g/mol. The van der Waals surface area contributed by atoms with Gasteiger partial charge in [-0.15, -0.1) is 0 Å². The molecule has 0 radical (unpaired) electrons. The van der Waals surface area contributed by atoms with Crippen molar-refractivity contribution in [1.29, 1.82) is 0 Å². The molecular formula is C14H15BrN2OS. The highest BCUT2D eigenvalue weighted by Crippen LogP contribution is 2.36. The molecule has 1 fully saturated rings. The molecule has 1 aliphatic carbocycles. The molecular weight excluding hydrogens is 324 g/mol. The fraction of sp³-hybridized carbons (Fsp3) is 0.429. The lowest BCUT2D eigenvalue weighted by Crippen LogP contribution is -2.15. The third-order valence-electron chi connectivity index (χ3n) is 3.74. The number of halogens is 1. The number of hydrogen-bond acceptors (Lipinski definition) is 3. The minimum Gasteiger partial charge on any atom is -0.306 e. The van der Waals surface area contributed by atoms with Crippen LogP contribution >= 0.6 is 27.3 Å². The Bertz CT molecular complexity index is 656. The Labute approximate surface area is 124 Å². The Morgan fingerprint density at radius 2 is 2.11 bits per heavy atom. The highest BCUT2D eigenvalue weighted by atomic mass is 79.9. The number of aromatic nitrogens is 2. The number of nitrogens with one attached hydrogen (secondary N) is 1. The van der Waals surface area contributed by atoms with Gasteiger partial charge in [0.15, 0.2) is 0 Å². The van der Waals surface area contributed by atoms with Gasteiger partial charge in [-0.2, -0.15) is 11.3 Å². The molecule has 2 aromatic rings. The fourth-order valence-corrected chi connectivity index (χ4v) is 4.02. The van der Waals surface area contributed by atoms with E-state index in [-0.39, 0.29) is 5.56 Å². The van der Waals surface area contributed by atoms with Crippen molar-refractivity contribution >= 4 is 27.3 Å². The molecule has 0 bridgehead atoms. The van der Waals surface area contributed by atoms with Crippen molar-refractivity contribution in [2.45, 2.75) is 38.5 Å². The van der Waals surface area contributed by atoms with Gasteiger partial charge in [0.1, 0.15) is 10.3 Å². The molecule has 1 N–H and O–H groups in total. The summed E-state index contributed by atoms with van der Waals surface area (Å²) in [5, 5.41) is 4.12. The maximum atomic E-state index is 12.1. The number of aryl methyl sites for hydroxylation is 1. The summed E-state index contributed by atoms with van der Waals surface area (Å²) < 4.78 is 0.607. The van der Waals surface area contributed by atoms with Gasteiger partial charge in [-0.3, -0.25) is 4.79 Å². The van der Waals surface area contributed by atoms with Gasteiger partial charge in [-0.25, -0.2) is 4.98 Å². The minimum absolute atomic E-state index is 0.0718. The Morgan fingerprint density at radius 1 is 1.37 bits per heavy atom. The molecule has 1 aliphatic rings. The molecule has 0 aromatic carbocycles. The van der Waals surface area contributed by atoms with Crippen LogP contribution in [0.2, 0.25) is 0 Å². The van der Waals surface area contributed by atoms with Gasteiger partial charge < -0.3 is 4.98 Å². The molecule has 3 rings (SSSR count). The first-order valence-corrected chi connectivity index (χ1v) is 8.23. The normalized spacial score (nSPS) is 16.1. The first-order chi connectivity index (χ1) is 9.16. The summed E-state index contributed by atoms with van der Waals surface area (Å²) in [6.45, 7) is 2.04. The summed E-state index contributed by atoms with van der Waals surface area (Å²) in [5.74, 6) is 1.13. The first kappa shape index (κ1) is 13.1. The highest BCUT2D eigenvalue weighted by Gasteiger charge is 2.23. The van der Waals surface area contributed by atoms with Crippen molar-refractivity contribution in [2.75, 3.05) is 0 Å². The second kappa shape index (κ2) is 5.21. The predicted molar refractivity (Wildman–Crippen MR) is 81.8 cm³/mol. The number of rotatable bonds is 2. The van der Waals surface area contributed by atoms with Crippen LogP contribution in [-0.2, 0) is 0 Å². The number of H-pyrrole nitrogens is 1. The smallest absolute Gasteiger partial charge is 0.265 e. The van der Waals surface area contributed by atoms with Gasteiger partial charge in [0, 0.05) is 16.9 Å². The zero-order valence-electron chi connectivity index (χ0n) is 10.7. The Morgan fingerprint density at radius 3 is 2.74 bits per heavy atom. The van der Waals surface area contributed by atoms with Crippen LogP contribution in [0.25, 0.3) is 11.4 Å². The third kappa shape index (κ3) is 2.41. The van der Waals surface area contributed by atoms with Gasteiger partial charge >= 0.3 is 0 Å². The van der Waals surface area contributed by atoms with Crippen LogP contribution in [0, 0.1) is 6.92 Å². The SMILES string of the molecule is Cc1cscc1-c1nc(C2CCCC2)c(Br)c(=O)[nH]1. The van der Waals surface area contributed by atoms with E-state index in [0.29, 0.717) is 16.2 Å². The fourth-order valence-electron chi connectivity index (χ4n) is 2.68. The summed E-state index contributed by atoms with van der Waals surface area (Å²) >= 11 is 5.04. The van der Waals surface area contributed by atoms with Crippen molar-refractivity contribution in [3.63, 3.8) is 0 Å². The molecule has 0 atom stereocenters. The molecule has 0 aliphatic heterocycles.